The van der Waals surface area contributed by atoms with Gasteiger partial charge in [-0.1, -0.05) is 25.8 Å². The standard InChI is InChI=1S/C15H23N3/c1-3-15(12-17,9-5-4-6-10-16)14-13(2)8-7-11-18-14/h7-8,11H,3-6,9-10,16H2,1-2H3. The van der Waals surface area contributed by atoms with Crippen molar-refractivity contribution < 1.29 is 0 Å². The monoisotopic (exact) mass is 245 g/mol. The molecule has 0 saturated carbocycles. The zero-order valence-electron chi connectivity index (χ0n) is 11.4. The Morgan fingerprint density at radius 3 is 2.72 bits per heavy atom. The normalized spacial score (nSPS) is 13.9. The number of pyridine rings is 1. The Kier molecular flexibility index (Phi) is 5.80. The van der Waals surface area contributed by atoms with Gasteiger partial charge in [0, 0.05) is 6.20 Å². The summed E-state index contributed by atoms with van der Waals surface area (Å²) in [5, 5.41) is 9.60. The van der Waals surface area contributed by atoms with Gasteiger partial charge in [0.15, 0.2) is 0 Å². The van der Waals surface area contributed by atoms with Gasteiger partial charge in [-0.15, -0.1) is 0 Å². The minimum atomic E-state index is -0.431. The van der Waals surface area contributed by atoms with Crippen LogP contribution in [0.25, 0.3) is 0 Å². The summed E-state index contributed by atoms with van der Waals surface area (Å²) in [6.07, 6.45) is 6.62. The van der Waals surface area contributed by atoms with Gasteiger partial charge >= 0.3 is 0 Å². The van der Waals surface area contributed by atoms with Crippen LogP contribution in [0, 0.1) is 18.3 Å². The summed E-state index contributed by atoms with van der Waals surface area (Å²) in [6.45, 7) is 4.83. The molecule has 1 rings (SSSR count). The number of unbranched alkanes of at least 4 members (excludes halogenated alkanes) is 2. The lowest BCUT2D eigenvalue weighted by molar-refractivity contribution is 0.442. The Hall–Kier alpha value is -1.40. The minimum Gasteiger partial charge on any atom is -0.330 e. The highest BCUT2D eigenvalue weighted by atomic mass is 14.7. The van der Waals surface area contributed by atoms with Gasteiger partial charge in [-0.2, -0.15) is 5.26 Å². The zero-order valence-corrected chi connectivity index (χ0v) is 11.4. The molecule has 0 aliphatic rings. The van der Waals surface area contributed by atoms with Gasteiger partial charge in [0.25, 0.3) is 0 Å². The lowest BCUT2D eigenvalue weighted by atomic mass is 9.76. The van der Waals surface area contributed by atoms with Crippen LogP contribution < -0.4 is 5.73 Å². The van der Waals surface area contributed by atoms with Crippen molar-refractivity contribution in [1.82, 2.24) is 4.98 Å². The van der Waals surface area contributed by atoms with Crippen molar-refractivity contribution in [2.24, 2.45) is 5.73 Å². The maximum Gasteiger partial charge on any atom is 0.0993 e. The summed E-state index contributed by atoms with van der Waals surface area (Å²) < 4.78 is 0. The summed E-state index contributed by atoms with van der Waals surface area (Å²) in [4.78, 5) is 4.44. The van der Waals surface area contributed by atoms with Crippen LogP contribution in [-0.4, -0.2) is 11.5 Å². The smallest absolute Gasteiger partial charge is 0.0993 e. The molecule has 98 valence electrons. The Bertz CT molecular complexity index is 408. The van der Waals surface area contributed by atoms with Crippen molar-refractivity contribution >= 4 is 0 Å². The summed E-state index contributed by atoms with van der Waals surface area (Å²) >= 11 is 0. The molecular formula is C15H23N3. The van der Waals surface area contributed by atoms with E-state index < -0.39 is 5.41 Å². The molecule has 0 amide bonds. The highest BCUT2D eigenvalue weighted by molar-refractivity contribution is 5.32. The molecule has 18 heavy (non-hydrogen) atoms. The maximum absolute atomic E-state index is 9.60. The predicted molar refractivity (Wildman–Crippen MR) is 74.1 cm³/mol. The fourth-order valence-electron chi connectivity index (χ4n) is 2.39. The molecule has 2 N–H and O–H groups in total. The molecule has 3 heteroatoms. The van der Waals surface area contributed by atoms with E-state index in [4.69, 9.17) is 5.73 Å². The molecule has 0 saturated heterocycles. The highest BCUT2D eigenvalue weighted by Gasteiger charge is 2.32. The van der Waals surface area contributed by atoms with Crippen LogP contribution in [0.5, 0.6) is 0 Å². The third-order valence-electron chi connectivity index (χ3n) is 3.59. The number of nitrogens with two attached hydrogens (primary N) is 1. The Labute approximate surface area is 110 Å². The van der Waals surface area contributed by atoms with E-state index in [-0.39, 0.29) is 0 Å². The largest absolute Gasteiger partial charge is 0.330 e. The van der Waals surface area contributed by atoms with Crippen LogP contribution in [0.15, 0.2) is 18.3 Å². The van der Waals surface area contributed by atoms with Gasteiger partial charge in [0.05, 0.1) is 17.2 Å². The quantitative estimate of drug-likeness (QED) is 0.751. The average Bonchev–Trinajstić information content (AvgIpc) is 2.41. The molecule has 1 aromatic rings. The first kappa shape index (κ1) is 14.7. The number of aromatic nitrogens is 1. The van der Waals surface area contributed by atoms with E-state index in [1.807, 2.05) is 19.1 Å². The fraction of sp³-hybridized carbons (Fsp3) is 0.600. The molecule has 1 atom stereocenters. The number of nitrogens with zero attached hydrogens (tertiary/aromatic N) is 2. The molecule has 0 aliphatic heterocycles. The first-order valence-corrected chi connectivity index (χ1v) is 6.73. The highest BCUT2D eigenvalue weighted by Crippen LogP contribution is 2.33. The van der Waals surface area contributed by atoms with Crippen LogP contribution in [0.2, 0.25) is 0 Å². The van der Waals surface area contributed by atoms with E-state index in [0.717, 1.165) is 49.9 Å². The zero-order chi connectivity index (χ0) is 13.4. The number of hydrogen-bond donors (Lipinski definition) is 1. The van der Waals surface area contributed by atoms with Crippen molar-refractivity contribution in [2.45, 2.75) is 51.4 Å². The molecule has 0 bridgehead atoms. The third kappa shape index (κ3) is 3.30. The topological polar surface area (TPSA) is 62.7 Å². The molecule has 0 fully saturated rings. The predicted octanol–water partition coefficient (Wildman–Crippen LogP) is 3.08. The molecule has 0 spiro atoms. The van der Waals surface area contributed by atoms with Crippen LogP contribution in [0.1, 0.15) is 50.3 Å². The second kappa shape index (κ2) is 7.13. The number of hydrogen-bond acceptors (Lipinski definition) is 3. The van der Waals surface area contributed by atoms with E-state index in [0.29, 0.717) is 0 Å². The van der Waals surface area contributed by atoms with E-state index in [9.17, 15) is 5.26 Å². The van der Waals surface area contributed by atoms with Gasteiger partial charge in [0.2, 0.25) is 0 Å². The maximum atomic E-state index is 9.60. The second-order valence-electron chi connectivity index (χ2n) is 4.82. The summed E-state index contributed by atoms with van der Waals surface area (Å²) in [7, 11) is 0. The molecule has 0 aliphatic carbocycles. The van der Waals surface area contributed by atoms with Gasteiger partial charge in [0.1, 0.15) is 0 Å². The summed E-state index contributed by atoms with van der Waals surface area (Å²) in [5.41, 5.74) is 7.13. The van der Waals surface area contributed by atoms with E-state index in [1.54, 1.807) is 6.20 Å². The second-order valence-corrected chi connectivity index (χ2v) is 4.82. The third-order valence-corrected chi connectivity index (χ3v) is 3.59. The van der Waals surface area contributed by atoms with Crippen LogP contribution in [0.4, 0.5) is 0 Å². The van der Waals surface area contributed by atoms with Gasteiger partial charge < -0.3 is 5.73 Å². The van der Waals surface area contributed by atoms with Crippen molar-refractivity contribution in [3.05, 3.63) is 29.6 Å². The molecular weight excluding hydrogens is 222 g/mol. The van der Waals surface area contributed by atoms with Crippen LogP contribution >= 0.6 is 0 Å². The number of rotatable bonds is 7. The Morgan fingerprint density at radius 2 is 2.17 bits per heavy atom. The lowest BCUT2D eigenvalue weighted by Gasteiger charge is -2.26. The number of aryl methyl sites for hydroxylation is 1. The first-order chi connectivity index (χ1) is 8.70. The molecule has 0 aromatic carbocycles. The molecule has 3 nitrogen and oxygen atoms in total. The van der Waals surface area contributed by atoms with Gasteiger partial charge in [-0.25, -0.2) is 0 Å². The van der Waals surface area contributed by atoms with E-state index >= 15 is 0 Å². The average molecular weight is 245 g/mol. The lowest BCUT2D eigenvalue weighted by Crippen LogP contribution is -2.26. The SMILES string of the molecule is CCC(C#N)(CCCCCN)c1ncccc1C. The molecule has 1 aromatic heterocycles. The molecule has 1 heterocycles. The van der Waals surface area contributed by atoms with Crippen molar-refractivity contribution in [2.75, 3.05) is 6.54 Å². The van der Waals surface area contributed by atoms with Gasteiger partial charge in [-0.05, 0) is 44.4 Å². The molecule has 0 radical (unpaired) electrons. The van der Waals surface area contributed by atoms with Crippen molar-refractivity contribution in [3.63, 3.8) is 0 Å². The minimum absolute atomic E-state index is 0.431. The van der Waals surface area contributed by atoms with Crippen molar-refractivity contribution in [1.29, 1.82) is 5.26 Å². The Morgan fingerprint density at radius 1 is 1.39 bits per heavy atom. The number of nitriles is 1. The van der Waals surface area contributed by atoms with Crippen LogP contribution in [0.3, 0.4) is 0 Å². The molecule has 1 unspecified atom stereocenters. The van der Waals surface area contributed by atoms with E-state index in [1.165, 1.54) is 0 Å². The fourth-order valence-corrected chi connectivity index (χ4v) is 2.39. The first-order valence-electron chi connectivity index (χ1n) is 6.73. The van der Waals surface area contributed by atoms with Gasteiger partial charge in [-0.3, -0.25) is 4.98 Å². The Balaban J connectivity index is 2.87. The van der Waals surface area contributed by atoms with E-state index in [2.05, 4.69) is 18.0 Å². The van der Waals surface area contributed by atoms with Crippen LogP contribution in [-0.2, 0) is 5.41 Å². The summed E-state index contributed by atoms with van der Waals surface area (Å²) in [6, 6.07) is 6.46. The van der Waals surface area contributed by atoms with Crippen molar-refractivity contribution in [3.8, 4) is 6.07 Å². The summed E-state index contributed by atoms with van der Waals surface area (Å²) in [5.74, 6) is 0.